The first-order valence-electron chi connectivity index (χ1n) is 3.46. The second-order valence-corrected chi connectivity index (χ2v) is 3.53. The minimum Gasteiger partial charge on any atom is -0.480 e. The highest BCUT2D eigenvalue weighted by Gasteiger charge is 2.26. The molecule has 0 bridgehead atoms. The third kappa shape index (κ3) is 7.92. The molecule has 0 saturated carbocycles. The molecule has 1 atom stereocenters. The number of thioether (sulfide) groups is 1. The molecule has 0 heterocycles. The van der Waals surface area contributed by atoms with Crippen LogP contribution < -0.4 is 5.73 Å². The summed E-state index contributed by atoms with van der Waals surface area (Å²) in [4.78, 5) is 10.1. The molecule has 0 amide bonds. The van der Waals surface area contributed by atoms with Crippen LogP contribution in [0.15, 0.2) is 0 Å². The van der Waals surface area contributed by atoms with E-state index in [-0.39, 0.29) is 11.5 Å². The lowest BCUT2D eigenvalue weighted by atomic mass is 10.4. The van der Waals surface area contributed by atoms with Gasteiger partial charge in [0.1, 0.15) is 6.04 Å². The molecular weight excluding hydrogens is 207 g/mol. The fourth-order valence-corrected chi connectivity index (χ4v) is 1.41. The first-order chi connectivity index (χ1) is 5.83. The van der Waals surface area contributed by atoms with E-state index < -0.39 is 24.6 Å². The van der Waals surface area contributed by atoms with E-state index in [1.807, 2.05) is 0 Å². The van der Waals surface area contributed by atoms with Crippen molar-refractivity contribution >= 4 is 17.7 Å². The predicted molar refractivity (Wildman–Crippen MR) is 43.6 cm³/mol. The molecule has 0 saturated heterocycles. The highest BCUT2D eigenvalue weighted by Crippen LogP contribution is 2.21. The van der Waals surface area contributed by atoms with Gasteiger partial charge in [-0.2, -0.15) is 24.9 Å². The summed E-state index contributed by atoms with van der Waals surface area (Å²) in [5.74, 6) is -1.34. The molecule has 0 aromatic heterocycles. The summed E-state index contributed by atoms with van der Waals surface area (Å²) in [6.45, 7) is 0. The van der Waals surface area contributed by atoms with E-state index in [4.69, 9.17) is 10.8 Å². The number of hydrogen-bond donors (Lipinski definition) is 2. The van der Waals surface area contributed by atoms with Crippen LogP contribution in [0.3, 0.4) is 0 Å². The summed E-state index contributed by atoms with van der Waals surface area (Å²) >= 11 is 0.891. The van der Waals surface area contributed by atoms with Gasteiger partial charge in [0.2, 0.25) is 0 Å². The number of rotatable bonds is 5. The van der Waals surface area contributed by atoms with Gasteiger partial charge in [0.15, 0.2) is 0 Å². The van der Waals surface area contributed by atoms with E-state index in [0.29, 0.717) is 0 Å². The van der Waals surface area contributed by atoms with Crippen molar-refractivity contribution in [2.24, 2.45) is 5.73 Å². The molecule has 3 N–H and O–H groups in total. The standard InChI is InChI=1S/C6H10F3NO2S/c7-6(8,9)1-2-13-3-4(10)5(11)12/h4H,1-3,10H2,(H,11,12)/t4-/m0/s1. The van der Waals surface area contributed by atoms with Gasteiger partial charge in [-0.1, -0.05) is 0 Å². The molecule has 0 aliphatic heterocycles. The maximum atomic E-state index is 11.6. The number of alkyl halides is 3. The molecule has 78 valence electrons. The molecule has 0 aliphatic rings. The Morgan fingerprint density at radius 3 is 2.46 bits per heavy atom. The molecule has 13 heavy (non-hydrogen) atoms. The maximum absolute atomic E-state index is 11.6. The molecule has 0 aromatic rings. The maximum Gasteiger partial charge on any atom is 0.389 e. The van der Waals surface area contributed by atoms with Crippen LogP contribution in [0.2, 0.25) is 0 Å². The Balaban J connectivity index is 3.41. The second kappa shape index (κ2) is 5.33. The molecule has 0 radical (unpaired) electrons. The van der Waals surface area contributed by atoms with Gasteiger partial charge in [0.05, 0.1) is 6.42 Å². The van der Waals surface area contributed by atoms with Crippen LogP contribution in [0.4, 0.5) is 13.2 Å². The van der Waals surface area contributed by atoms with E-state index in [1.165, 1.54) is 0 Å². The van der Waals surface area contributed by atoms with Crippen LogP contribution in [-0.2, 0) is 4.79 Å². The summed E-state index contributed by atoms with van der Waals surface area (Å²) < 4.78 is 34.7. The highest BCUT2D eigenvalue weighted by molar-refractivity contribution is 7.99. The minimum atomic E-state index is -4.18. The topological polar surface area (TPSA) is 63.3 Å². The molecule has 0 unspecified atom stereocenters. The molecule has 7 heteroatoms. The molecule has 0 aliphatic carbocycles. The van der Waals surface area contributed by atoms with Crippen LogP contribution in [0, 0.1) is 0 Å². The second-order valence-electron chi connectivity index (χ2n) is 2.38. The lowest BCUT2D eigenvalue weighted by Crippen LogP contribution is -2.32. The van der Waals surface area contributed by atoms with Gasteiger partial charge in [0, 0.05) is 11.5 Å². The van der Waals surface area contributed by atoms with E-state index in [2.05, 4.69) is 0 Å². The number of nitrogens with two attached hydrogens (primary N) is 1. The van der Waals surface area contributed by atoms with Crippen LogP contribution in [0.5, 0.6) is 0 Å². The quantitative estimate of drug-likeness (QED) is 0.676. The molecule has 0 spiro atoms. The van der Waals surface area contributed by atoms with Gasteiger partial charge in [-0.25, -0.2) is 0 Å². The summed E-state index contributed by atoms with van der Waals surface area (Å²) in [6.07, 6.45) is -5.09. The largest absolute Gasteiger partial charge is 0.480 e. The van der Waals surface area contributed by atoms with Gasteiger partial charge >= 0.3 is 12.1 Å². The van der Waals surface area contributed by atoms with Crippen molar-refractivity contribution in [1.82, 2.24) is 0 Å². The van der Waals surface area contributed by atoms with Gasteiger partial charge in [-0.15, -0.1) is 0 Å². The first kappa shape index (κ1) is 12.6. The van der Waals surface area contributed by atoms with Crippen LogP contribution in [0.1, 0.15) is 6.42 Å². The molecule has 0 fully saturated rings. The Labute approximate surface area is 77.5 Å². The van der Waals surface area contributed by atoms with E-state index >= 15 is 0 Å². The fraction of sp³-hybridized carbons (Fsp3) is 0.833. The number of aliphatic carboxylic acids is 1. The normalized spacial score (nSPS) is 14.2. The number of carbonyl (C=O) groups is 1. The summed E-state index contributed by atoms with van der Waals surface area (Å²) in [6, 6.07) is -1.08. The van der Waals surface area contributed by atoms with Crippen molar-refractivity contribution in [2.75, 3.05) is 11.5 Å². The van der Waals surface area contributed by atoms with Gasteiger partial charge in [0.25, 0.3) is 0 Å². The Morgan fingerprint density at radius 1 is 1.54 bits per heavy atom. The highest BCUT2D eigenvalue weighted by atomic mass is 32.2. The average molecular weight is 217 g/mol. The van der Waals surface area contributed by atoms with Crippen molar-refractivity contribution in [2.45, 2.75) is 18.6 Å². The Morgan fingerprint density at radius 2 is 2.08 bits per heavy atom. The van der Waals surface area contributed by atoms with Crippen molar-refractivity contribution in [3.63, 3.8) is 0 Å². The van der Waals surface area contributed by atoms with Crippen molar-refractivity contribution in [1.29, 1.82) is 0 Å². The lowest BCUT2D eigenvalue weighted by Gasteiger charge is -2.07. The Kier molecular flexibility index (Phi) is 5.16. The lowest BCUT2D eigenvalue weighted by molar-refractivity contribution is -0.137. The third-order valence-electron chi connectivity index (χ3n) is 1.14. The zero-order valence-electron chi connectivity index (χ0n) is 6.67. The number of carboxylic acid groups (broad SMARTS) is 1. The van der Waals surface area contributed by atoms with Crippen molar-refractivity contribution in [3.05, 3.63) is 0 Å². The van der Waals surface area contributed by atoms with E-state index in [0.717, 1.165) is 11.8 Å². The zero-order valence-corrected chi connectivity index (χ0v) is 7.49. The SMILES string of the molecule is N[C@@H](CSCCC(F)(F)F)C(=O)O. The number of carboxylic acids is 1. The number of halogens is 3. The van der Waals surface area contributed by atoms with Crippen LogP contribution >= 0.6 is 11.8 Å². The predicted octanol–water partition coefficient (Wildman–Crippen LogP) is 1.08. The van der Waals surface area contributed by atoms with Crippen LogP contribution in [0.25, 0.3) is 0 Å². The van der Waals surface area contributed by atoms with Gasteiger partial charge in [-0.05, 0) is 0 Å². The molecule has 3 nitrogen and oxygen atoms in total. The number of hydrogen-bond acceptors (Lipinski definition) is 3. The van der Waals surface area contributed by atoms with Crippen LogP contribution in [-0.4, -0.2) is 34.8 Å². The summed E-state index contributed by atoms with van der Waals surface area (Å²) in [5.41, 5.74) is 5.06. The Bertz CT molecular complexity index is 174. The van der Waals surface area contributed by atoms with Gasteiger partial charge in [-0.3, -0.25) is 4.79 Å². The summed E-state index contributed by atoms with van der Waals surface area (Å²) in [7, 11) is 0. The smallest absolute Gasteiger partial charge is 0.389 e. The first-order valence-corrected chi connectivity index (χ1v) is 4.61. The van der Waals surface area contributed by atoms with Gasteiger partial charge < -0.3 is 10.8 Å². The zero-order chi connectivity index (χ0) is 10.5. The fourth-order valence-electron chi connectivity index (χ4n) is 0.469. The van der Waals surface area contributed by atoms with E-state index in [9.17, 15) is 18.0 Å². The summed E-state index contributed by atoms with van der Waals surface area (Å²) in [5, 5.41) is 8.28. The average Bonchev–Trinajstić information content (AvgIpc) is 1.95. The molecule has 0 aromatic carbocycles. The molecular formula is C6H10F3NO2S. The molecule has 0 rings (SSSR count). The van der Waals surface area contributed by atoms with Crippen molar-refractivity contribution in [3.8, 4) is 0 Å². The monoisotopic (exact) mass is 217 g/mol. The minimum absolute atomic E-state index is 0.00537. The third-order valence-corrected chi connectivity index (χ3v) is 2.23. The van der Waals surface area contributed by atoms with Crippen molar-refractivity contribution < 1.29 is 23.1 Å². The van der Waals surface area contributed by atoms with E-state index in [1.54, 1.807) is 0 Å². The Hall–Kier alpha value is -0.430.